The number of aromatic amines is 1. The second-order valence-electron chi connectivity index (χ2n) is 6.57. The van der Waals surface area contributed by atoms with Crippen molar-refractivity contribution in [1.29, 1.82) is 0 Å². The molecule has 0 aliphatic heterocycles. The fourth-order valence-corrected chi connectivity index (χ4v) is 3.32. The van der Waals surface area contributed by atoms with E-state index < -0.39 is 0 Å². The number of hydrogen-bond donors (Lipinski definition) is 1. The molecule has 0 radical (unpaired) electrons. The van der Waals surface area contributed by atoms with Gasteiger partial charge in [-0.2, -0.15) is 0 Å². The Morgan fingerprint density at radius 1 is 1.19 bits per heavy atom. The van der Waals surface area contributed by atoms with Gasteiger partial charge >= 0.3 is 0 Å². The fourth-order valence-electron chi connectivity index (χ4n) is 3.04. The number of fused-ring (bicyclic) bond motifs is 1. The van der Waals surface area contributed by atoms with Crippen LogP contribution in [0.3, 0.4) is 0 Å². The first kappa shape index (κ1) is 19.1. The summed E-state index contributed by atoms with van der Waals surface area (Å²) in [6.07, 6.45) is 4.52. The zero-order valence-electron chi connectivity index (χ0n) is 15.3. The van der Waals surface area contributed by atoms with Gasteiger partial charge in [0.05, 0.1) is 23.7 Å². The van der Waals surface area contributed by atoms with Crippen LogP contribution in [-0.2, 0) is 17.9 Å². The quantitative estimate of drug-likeness (QED) is 0.472. The van der Waals surface area contributed by atoms with Crippen LogP contribution in [0.4, 0.5) is 0 Å². The molecular weight excluding hydrogens is 362 g/mol. The molecule has 2 heterocycles. The summed E-state index contributed by atoms with van der Waals surface area (Å²) in [6, 6.07) is 11.0. The van der Waals surface area contributed by atoms with Crippen LogP contribution >= 0.6 is 12.2 Å². The van der Waals surface area contributed by atoms with Crippen LogP contribution in [0.1, 0.15) is 31.4 Å². The van der Waals surface area contributed by atoms with Crippen LogP contribution in [0.25, 0.3) is 10.9 Å². The van der Waals surface area contributed by atoms with Gasteiger partial charge in [0.25, 0.3) is 5.56 Å². The molecule has 0 aliphatic rings. The molecule has 142 valence electrons. The maximum absolute atomic E-state index is 12.6. The molecule has 0 atom stereocenters. The summed E-state index contributed by atoms with van der Waals surface area (Å²) in [5.41, 5.74) is 0.692. The zero-order chi connectivity index (χ0) is 19.2. The predicted octanol–water partition coefficient (Wildman–Crippen LogP) is 3.87. The smallest absolute Gasteiger partial charge is 0.262 e. The Balaban J connectivity index is 1.48. The highest BCUT2D eigenvalue weighted by atomic mass is 32.1. The third-order valence-corrected chi connectivity index (χ3v) is 4.88. The number of furan rings is 1. The van der Waals surface area contributed by atoms with Gasteiger partial charge in [-0.25, -0.2) is 0 Å². The Kier molecular flexibility index (Phi) is 6.24. The molecule has 1 amide bonds. The third-order valence-electron chi connectivity index (χ3n) is 4.56. The normalized spacial score (nSPS) is 11.0. The first-order valence-corrected chi connectivity index (χ1v) is 9.45. The van der Waals surface area contributed by atoms with Gasteiger partial charge in [0.15, 0.2) is 4.77 Å². The third kappa shape index (κ3) is 4.74. The van der Waals surface area contributed by atoms with Crippen molar-refractivity contribution in [3.8, 4) is 0 Å². The lowest BCUT2D eigenvalue weighted by atomic mass is 10.1. The Morgan fingerprint density at radius 3 is 2.78 bits per heavy atom. The number of nitrogens with one attached hydrogen (secondary N) is 1. The largest absolute Gasteiger partial charge is 0.467 e. The monoisotopic (exact) mass is 385 g/mol. The minimum atomic E-state index is -0.0661. The molecule has 0 bridgehead atoms. The van der Waals surface area contributed by atoms with E-state index in [0.29, 0.717) is 29.7 Å². The molecule has 1 aromatic carbocycles. The minimum absolute atomic E-state index is 0.0661. The van der Waals surface area contributed by atoms with E-state index in [9.17, 15) is 9.59 Å². The average molecular weight is 385 g/mol. The number of rotatable bonds is 8. The van der Waals surface area contributed by atoms with E-state index in [0.717, 1.165) is 30.5 Å². The molecule has 7 heteroatoms. The number of H-pyrrole nitrogens is 1. The van der Waals surface area contributed by atoms with Gasteiger partial charge in [-0.05, 0) is 49.3 Å². The maximum atomic E-state index is 12.6. The summed E-state index contributed by atoms with van der Waals surface area (Å²) in [6.45, 7) is 1.03. The van der Waals surface area contributed by atoms with Gasteiger partial charge in [-0.15, -0.1) is 0 Å². The number of aromatic nitrogens is 2. The number of amides is 1. The number of carbonyl (C=O) groups excluding carboxylic acids is 1. The van der Waals surface area contributed by atoms with E-state index in [-0.39, 0.29) is 11.5 Å². The molecule has 0 aliphatic carbocycles. The number of unbranched alkanes of at least 4 members (excludes halogenated alkanes) is 2. The van der Waals surface area contributed by atoms with Crippen LogP contribution < -0.4 is 5.56 Å². The van der Waals surface area contributed by atoms with Crippen LogP contribution in [0.15, 0.2) is 51.9 Å². The Bertz CT molecular complexity index is 1020. The summed E-state index contributed by atoms with van der Waals surface area (Å²) in [7, 11) is 1.78. The lowest BCUT2D eigenvalue weighted by molar-refractivity contribution is -0.130. The standard InChI is InChI=1S/C20H23N3O3S/c1-22(14-15-8-7-13-26-15)18(24)11-3-2-6-12-23-19(25)16-9-4-5-10-17(16)21-20(23)27/h4-5,7-10,13H,2-3,6,11-12,14H2,1H3,(H,21,27). The molecule has 27 heavy (non-hydrogen) atoms. The number of hydrogen-bond acceptors (Lipinski definition) is 4. The van der Waals surface area contributed by atoms with Crippen molar-refractivity contribution in [3.05, 3.63) is 63.5 Å². The summed E-state index contributed by atoms with van der Waals surface area (Å²) in [4.78, 5) is 29.5. The topological polar surface area (TPSA) is 71.2 Å². The van der Waals surface area contributed by atoms with Crippen molar-refractivity contribution in [2.24, 2.45) is 0 Å². The summed E-state index contributed by atoms with van der Waals surface area (Å²) in [5, 5.41) is 0.640. The van der Waals surface area contributed by atoms with E-state index >= 15 is 0 Å². The molecule has 3 aromatic rings. The lowest BCUT2D eigenvalue weighted by Gasteiger charge is -2.15. The molecule has 2 aromatic heterocycles. The van der Waals surface area contributed by atoms with Gasteiger partial charge in [0.2, 0.25) is 5.91 Å². The van der Waals surface area contributed by atoms with E-state index in [1.165, 1.54) is 0 Å². The second kappa shape index (κ2) is 8.81. The molecule has 0 saturated carbocycles. The molecular formula is C20H23N3O3S. The van der Waals surface area contributed by atoms with Crippen LogP contribution in [0.5, 0.6) is 0 Å². The average Bonchev–Trinajstić information content (AvgIpc) is 3.16. The molecule has 6 nitrogen and oxygen atoms in total. The number of nitrogens with zero attached hydrogens (tertiary/aromatic N) is 2. The number of benzene rings is 1. The molecule has 0 saturated heterocycles. The van der Waals surface area contributed by atoms with Gasteiger partial charge in [-0.3, -0.25) is 14.2 Å². The van der Waals surface area contributed by atoms with Gasteiger partial charge in [-0.1, -0.05) is 18.6 Å². The van der Waals surface area contributed by atoms with Crippen molar-refractivity contribution >= 4 is 29.0 Å². The Hall–Kier alpha value is -2.67. The van der Waals surface area contributed by atoms with Crippen LogP contribution in [0.2, 0.25) is 0 Å². The molecule has 0 spiro atoms. The minimum Gasteiger partial charge on any atom is -0.467 e. The molecule has 0 fully saturated rings. The van der Waals surface area contributed by atoms with Crippen molar-refractivity contribution in [2.45, 2.75) is 38.8 Å². The number of carbonyl (C=O) groups is 1. The second-order valence-corrected chi connectivity index (χ2v) is 6.96. The first-order valence-electron chi connectivity index (χ1n) is 9.04. The SMILES string of the molecule is CN(Cc1ccco1)C(=O)CCCCCn1c(=S)[nH]c2ccccc2c1=O. The summed E-state index contributed by atoms with van der Waals surface area (Å²) < 4.78 is 7.30. The van der Waals surface area contributed by atoms with E-state index in [1.807, 2.05) is 30.3 Å². The summed E-state index contributed by atoms with van der Waals surface area (Å²) in [5.74, 6) is 0.863. The Labute approximate surface area is 162 Å². The van der Waals surface area contributed by atoms with E-state index in [2.05, 4.69) is 4.98 Å². The van der Waals surface area contributed by atoms with E-state index in [1.54, 1.807) is 28.8 Å². The van der Waals surface area contributed by atoms with Crippen molar-refractivity contribution < 1.29 is 9.21 Å². The highest BCUT2D eigenvalue weighted by Crippen LogP contribution is 2.10. The highest BCUT2D eigenvalue weighted by molar-refractivity contribution is 7.71. The van der Waals surface area contributed by atoms with Gasteiger partial charge in [0, 0.05) is 20.0 Å². The van der Waals surface area contributed by atoms with E-state index in [4.69, 9.17) is 16.6 Å². The first-order chi connectivity index (χ1) is 13.1. The maximum Gasteiger partial charge on any atom is 0.262 e. The van der Waals surface area contributed by atoms with Crippen molar-refractivity contribution in [1.82, 2.24) is 14.5 Å². The molecule has 1 N–H and O–H groups in total. The lowest BCUT2D eigenvalue weighted by Crippen LogP contribution is -2.25. The highest BCUT2D eigenvalue weighted by Gasteiger charge is 2.10. The predicted molar refractivity (Wildman–Crippen MR) is 107 cm³/mol. The van der Waals surface area contributed by atoms with Crippen LogP contribution in [0, 0.1) is 4.77 Å². The molecule has 3 rings (SSSR count). The number of para-hydroxylation sites is 1. The Morgan fingerprint density at radius 2 is 2.00 bits per heavy atom. The van der Waals surface area contributed by atoms with Crippen molar-refractivity contribution in [2.75, 3.05) is 7.05 Å². The zero-order valence-corrected chi connectivity index (χ0v) is 16.1. The molecule has 0 unspecified atom stereocenters. The summed E-state index contributed by atoms with van der Waals surface area (Å²) >= 11 is 5.31. The van der Waals surface area contributed by atoms with Crippen molar-refractivity contribution in [3.63, 3.8) is 0 Å². The van der Waals surface area contributed by atoms with Crippen LogP contribution in [-0.4, -0.2) is 27.4 Å². The van der Waals surface area contributed by atoms with Gasteiger partial charge in [0.1, 0.15) is 5.76 Å². The fraction of sp³-hybridized carbons (Fsp3) is 0.350. The van der Waals surface area contributed by atoms with Gasteiger partial charge < -0.3 is 14.3 Å².